The molecule has 0 aliphatic heterocycles. The first-order chi connectivity index (χ1) is 34.5. The summed E-state index contributed by atoms with van der Waals surface area (Å²) in [7, 11) is 0. The lowest BCUT2D eigenvalue weighted by Gasteiger charge is -2.20. The topological polar surface area (TPSA) is 95.9 Å². The van der Waals surface area contributed by atoms with Crippen LogP contribution in [0.15, 0.2) is 36.5 Å². The van der Waals surface area contributed by atoms with Gasteiger partial charge in [-0.2, -0.15) is 0 Å². The van der Waals surface area contributed by atoms with Gasteiger partial charge in [-0.1, -0.05) is 281 Å². The maximum atomic E-state index is 12.5. The maximum Gasteiger partial charge on any atom is 0.305 e. The molecule has 0 aliphatic rings. The van der Waals surface area contributed by atoms with E-state index in [1.807, 2.05) is 6.08 Å². The zero-order chi connectivity index (χ0) is 50.7. The number of ether oxygens (including phenoxy) is 1. The molecule has 3 N–H and O–H groups in total. The van der Waals surface area contributed by atoms with Crippen LogP contribution in [-0.2, 0) is 14.3 Å². The molecule has 70 heavy (non-hydrogen) atoms. The second-order valence-corrected chi connectivity index (χ2v) is 21.4. The first-order valence-corrected chi connectivity index (χ1v) is 31.3. The van der Waals surface area contributed by atoms with Gasteiger partial charge in [0.15, 0.2) is 0 Å². The van der Waals surface area contributed by atoms with Crippen molar-refractivity contribution in [2.45, 2.75) is 347 Å². The van der Waals surface area contributed by atoms with E-state index in [0.717, 1.165) is 51.4 Å². The van der Waals surface area contributed by atoms with Gasteiger partial charge in [-0.15, -0.1) is 0 Å². The molecule has 0 aliphatic carbocycles. The van der Waals surface area contributed by atoms with Crippen molar-refractivity contribution < 1.29 is 24.5 Å². The number of esters is 1. The van der Waals surface area contributed by atoms with Gasteiger partial charge in [0.1, 0.15) is 0 Å². The lowest BCUT2D eigenvalue weighted by Crippen LogP contribution is -2.45. The normalized spacial score (nSPS) is 12.8. The molecule has 2 atom stereocenters. The van der Waals surface area contributed by atoms with Gasteiger partial charge < -0.3 is 20.3 Å². The van der Waals surface area contributed by atoms with Gasteiger partial charge in [-0.05, 0) is 77.0 Å². The van der Waals surface area contributed by atoms with Gasteiger partial charge in [0, 0.05) is 12.8 Å². The summed E-state index contributed by atoms with van der Waals surface area (Å²) >= 11 is 0. The first-order valence-electron chi connectivity index (χ1n) is 31.3. The molecule has 0 radical (unpaired) electrons. The van der Waals surface area contributed by atoms with Crippen molar-refractivity contribution in [3.63, 3.8) is 0 Å². The largest absolute Gasteiger partial charge is 0.466 e. The van der Waals surface area contributed by atoms with E-state index in [-0.39, 0.29) is 18.5 Å². The van der Waals surface area contributed by atoms with E-state index in [1.54, 1.807) is 6.08 Å². The van der Waals surface area contributed by atoms with E-state index in [0.29, 0.717) is 19.4 Å². The summed E-state index contributed by atoms with van der Waals surface area (Å²) in [6, 6.07) is -0.633. The van der Waals surface area contributed by atoms with Crippen molar-refractivity contribution >= 4 is 11.9 Å². The molecule has 412 valence electrons. The van der Waals surface area contributed by atoms with Crippen LogP contribution < -0.4 is 5.32 Å². The molecular weight excluding hydrogens is 863 g/mol. The van der Waals surface area contributed by atoms with Gasteiger partial charge in [0.25, 0.3) is 0 Å². The highest BCUT2D eigenvalue weighted by atomic mass is 16.5. The number of hydrogen-bond donors (Lipinski definition) is 3. The van der Waals surface area contributed by atoms with Crippen LogP contribution in [0.1, 0.15) is 335 Å². The third kappa shape index (κ3) is 55.4. The molecule has 0 aromatic carbocycles. The second kappa shape index (κ2) is 59.6. The summed E-state index contributed by atoms with van der Waals surface area (Å²) in [6.45, 7) is 4.88. The van der Waals surface area contributed by atoms with E-state index in [1.165, 1.54) is 257 Å². The fourth-order valence-electron chi connectivity index (χ4n) is 9.55. The first kappa shape index (κ1) is 68.1. The monoisotopic (exact) mass is 984 g/mol. The van der Waals surface area contributed by atoms with Crippen molar-refractivity contribution in [2.24, 2.45) is 0 Å². The molecule has 1 amide bonds. The van der Waals surface area contributed by atoms with Crippen LogP contribution in [0.2, 0.25) is 0 Å². The van der Waals surface area contributed by atoms with Gasteiger partial charge >= 0.3 is 5.97 Å². The van der Waals surface area contributed by atoms with Crippen LogP contribution in [0.3, 0.4) is 0 Å². The molecule has 6 heteroatoms. The summed E-state index contributed by atoms with van der Waals surface area (Å²) in [6.07, 6.45) is 74.7. The minimum Gasteiger partial charge on any atom is -0.466 e. The smallest absolute Gasteiger partial charge is 0.305 e. The van der Waals surface area contributed by atoms with E-state index in [4.69, 9.17) is 4.74 Å². The van der Waals surface area contributed by atoms with Crippen molar-refractivity contribution in [2.75, 3.05) is 13.2 Å². The number of hydrogen-bond acceptors (Lipinski definition) is 5. The lowest BCUT2D eigenvalue weighted by atomic mass is 10.0. The zero-order valence-electron chi connectivity index (χ0n) is 47.0. The van der Waals surface area contributed by atoms with Crippen molar-refractivity contribution in [3.8, 4) is 0 Å². The Morgan fingerprint density at radius 2 is 0.686 bits per heavy atom. The van der Waals surface area contributed by atoms with Crippen LogP contribution in [0, 0.1) is 0 Å². The maximum absolute atomic E-state index is 12.5. The molecule has 0 saturated carbocycles. The highest BCUT2D eigenvalue weighted by Crippen LogP contribution is 2.17. The van der Waals surface area contributed by atoms with Crippen LogP contribution in [-0.4, -0.2) is 47.4 Å². The highest BCUT2D eigenvalue weighted by molar-refractivity contribution is 5.76. The van der Waals surface area contributed by atoms with Gasteiger partial charge in [-0.3, -0.25) is 9.59 Å². The Hall–Kier alpha value is -1.92. The molecule has 0 saturated heterocycles. The van der Waals surface area contributed by atoms with E-state index in [9.17, 15) is 19.8 Å². The average molecular weight is 985 g/mol. The van der Waals surface area contributed by atoms with E-state index in [2.05, 4.69) is 43.5 Å². The summed E-state index contributed by atoms with van der Waals surface area (Å²) in [4.78, 5) is 24.5. The summed E-state index contributed by atoms with van der Waals surface area (Å²) < 4.78 is 5.46. The third-order valence-electron chi connectivity index (χ3n) is 14.4. The fourth-order valence-corrected chi connectivity index (χ4v) is 9.55. The number of allylic oxidation sites excluding steroid dienone is 5. The minimum atomic E-state index is -0.849. The Labute approximate surface area is 436 Å². The molecule has 2 unspecified atom stereocenters. The number of amides is 1. The predicted molar refractivity (Wildman–Crippen MR) is 306 cm³/mol. The standard InChI is InChI=1S/C64H121NO5/c1-3-5-7-9-11-13-15-16-17-18-24-27-30-33-37-40-44-48-52-56-62(67)61(60-66)65-63(68)57-53-49-45-41-38-34-31-28-25-22-20-19-21-23-26-29-32-35-39-43-47-51-55-59-70-64(69)58-54-50-46-42-36-14-12-10-8-6-4-2/h10,12,22,25,52,56,61-62,66-67H,3-9,11,13-21,23-24,26-51,53-55,57-60H2,1-2H3,(H,65,68)/b12-10-,25-22-,56-52+. The van der Waals surface area contributed by atoms with Crippen LogP contribution in [0.4, 0.5) is 0 Å². The van der Waals surface area contributed by atoms with E-state index >= 15 is 0 Å². The third-order valence-corrected chi connectivity index (χ3v) is 14.4. The quantitative estimate of drug-likeness (QED) is 0.0321. The van der Waals surface area contributed by atoms with Gasteiger partial charge in [0.05, 0.1) is 25.4 Å². The number of unbranched alkanes of at least 4 members (excludes halogenated alkanes) is 43. The molecule has 0 fully saturated rings. The highest BCUT2D eigenvalue weighted by Gasteiger charge is 2.18. The summed E-state index contributed by atoms with van der Waals surface area (Å²) in [5.41, 5.74) is 0. The fraction of sp³-hybridized carbons (Fsp3) is 0.875. The molecule has 0 heterocycles. The molecule has 0 spiro atoms. The number of carbonyl (C=O) groups excluding carboxylic acids is 2. The van der Waals surface area contributed by atoms with Crippen LogP contribution >= 0.6 is 0 Å². The van der Waals surface area contributed by atoms with E-state index < -0.39 is 12.1 Å². The van der Waals surface area contributed by atoms with Gasteiger partial charge in [-0.25, -0.2) is 0 Å². The Kier molecular flexibility index (Phi) is 58.0. The Bertz CT molecular complexity index is 1130. The van der Waals surface area contributed by atoms with Crippen LogP contribution in [0.25, 0.3) is 0 Å². The summed E-state index contributed by atoms with van der Waals surface area (Å²) in [5.74, 6) is -0.0724. The van der Waals surface area contributed by atoms with Crippen LogP contribution in [0.5, 0.6) is 0 Å². The summed E-state index contributed by atoms with van der Waals surface area (Å²) in [5, 5.41) is 23.2. The number of carbonyl (C=O) groups is 2. The number of aliphatic hydroxyl groups is 2. The van der Waals surface area contributed by atoms with Crippen molar-refractivity contribution in [1.29, 1.82) is 0 Å². The molecule has 0 rings (SSSR count). The molecular formula is C64H121NO5. The molecule has 0 aromatic heterocycles. The molecule has 6 nitrogen and oxygen atoms in total. The van der Waals surface area contributed by atoms with Crippen molar-refractivity contribution in [3.05, 3.63) is 36.5 Å². The zero-order valence-corrected chi connectivity index (χ0v) is 47.0. The number of aliphatic hydroxyl groups excluding tert-OH is 2. The average Bonchev–Trinajstić information content (AvgIpc) is 3.36. The van der Waals surface area contributed by atoms with Gasteiger partial charge in [0.2, 0.25) is 5.91 Å². The molecule has 0 bridgehead atoms. The SMILES string of the molecule is CCCC/C=C\CCCCCCCC(=O)OCCCCCCCCCCCCCC/C=C\CCCCCCCCCC(=O)NC(CO)C(O)/C=C/CCCCCCCCCCCCCCCCCCC. The van der Waals surface area contributed by atoms with Crippen molar-refractivity contribution in [1.82, 2.24) is 5.32 Å². The minimum absolute atomic E-state index is 0.000157. The lowest BCUT2D eigenvalue weighted by molar-refractivity contribution is -0.143. The Morgan fingerprint density at radius 1 is 0.386 bits per heavy atom. The Morgan fingerprint density at radius 3 is 1.06 bits per heavy atom. The number of nitrogens with one attached hydrogen (secondary N) is 1. The second-order valence-electron chi connectivity index (χ2n) is 21.4. The Balaban J connectivity index is 3.45. The predicted octanol–water partition coefficient (Wildman–Crippen LogP) is 19.6. The molecule has 0 aromatic rings. The number of rotatable bonds is 58.